The van der Waals surface area contributed by atoms with Crippen molar-refractivity contribution in [2.75, 3.05) is 0 Å². The summed E-state index contributed by atoms with van der Waals surface area (Å²) < 4.78 is 0. The highest BCUT2D eigenvalue weighted by molar-refractivity contribution is 5.65. The van der Waals surface area contributed by atoms with Crippen molar-refractivity contribution >= 4 is 12.4 Å². The highest BCUT2D eigenvalue weighted by Crippen LogP contribution is 1.93. The Kier molecular flexibility index (Phi) is 4.28. The lowest BCUT2D eigenvalue weighted by Gasteiger charge is -2.09. The van der Waals surface area contributed by atoms with E-state index in [0.717, 1.165) is 0 Å². The third-order valence-electron chi connectivity index (χ3n) is 1.20. The van der Waals surface area contributed by atoms with Crippen molar-refractivity contribution in [1.82, 2.24) is 5.32 Å². The molecule has 0 aliphatic carbocycles. The lowest BCUT2D eigenvalue weighted by Crippen LogP contribution is -2.33. The molecule has 10 heavy (non-hydrogen) atoms. The molecule has 0 aliphatic heterocycles. The summed E-state index contributed by atoms with van der Waals surface area (Å²) in [5.41, 5.74) is 0. The molecule has 0 fully saturated rings. The van der Waals surface area contributed by atoms with E-state index in [-0.39, 0.29) is 12.5 Å². The molecule has 0 saturated heterocycles. The third kappa shape index (κ3) is 3.88. The molecule has 0 saturated carbocycles. The van der Waals surface area contributed by atoms with Gasteiger partial charge in [0.25, 0.3) is 0 Å². The van der Waals surface area contributed by atoms with Gasteiger partial charge in [-0.25, -0.2) is 4.79 Å². The van der Waals surface area contributed by atoms with Gasteiger partial charge in [0.05, 0.1) is 0 Å². The topological polar surface area (TPSA) is 66.4 Å². The number of rotatable bonds is 4. The van der Waals surface area contributed by atoms with Crippen molar-refractivity contribution < 1.29 is 14.7 Å². The highest BCUT2D eigenvalue weighted by Gasteiger charge is 2.06. The van der Waals surface area contributed by atoms with Crippen LogP contribution in [0.2, 0.25) is 0 Å². The Morgan fingerprint density at radius 1 is 1.80 bits per heavy atom. The smallest absolute Gasteiger partial charge is 0.404 e. The van der Waals surface area contributed by atoms with E-state index in [1.54, 1.807) is 0 Å². The first-order valence-electron chi connectivity index (χ1n) is 3.13. The Balaban J connectivity index is 3.59. The molecule has 0 unspecified atom stereocenters. The van der Waals surface area contributed by atoms with Gasteiger partial charge in [0, 0.05) is 12.5 Å². The van der Waals surface area contributed by atoms with Crippen molar-refractivity contribution in [2.24, 2.45) is 0 Å². The predicted octanol–water partition coefficient (Wildman–Crippen LogP) is 0.622. The molecule has 0 aromatic carbocycles. The zero-order valence-corrected chi connectivity index (χ0v) is 5.83. The summed E-state index contributed by atoms with van der Waals surface area (Å²) in [6.45, 7) is 1.82. The van der Waals surface area contributed by atoms with Crippen molar-refractivity contribution in [3.05, 3.63) is 0 Å². The second-order valence-electron chi connectivity index (χ2n) is 1.96. The van der Waals surface area contributed by atoms with Crippen LogP contribution in [-0.4, -0.2) is 23.5 Å². The van der Waals surface area contributed by atoms with Gasteiger partial charge in [-0.1, -0.05) is 6.92 Å². The number of nitrogens with one attached hydrogen (secondary N) is 1. The van der Waals surface area contributed by atoms with Gasteiger partial charge in [-0.3, -0.25) is 0 Å². The van der Waals surface area contributed by atoms with Crippen LogP contribution < -0.4 is 5.32 Å². The standard InChI is InChI=1S/C6H11NO3/c1-2-5(3-4-8)7-6(9)10/h4-5,7H,2-3H2,1H3,(H,9,10)/t5-/m1/s1. The van der Waals surface area contributed by atoms with E-state index in [2.05, 4.69) is 5.32 Å². The normalized spacial score (nSPS) is 12.1. The highest BCUT2D eigenvalue weighted by atomic mass is 16.4. The minimum Gasteiger partial charge on any atom is -0.465 e. The van der Waals surface area contributed by atoms with Crippen molar-refractivity contribution in [3.8, 4) is 0 Å². The zero-order chi connectivity index (χ0) is 7.98. The first-order chi connectivity index (χ1) is 4.70. The zero-order valence-electron chi connectivity index (χ0n) is 5.83. The fraction of sp³-hybridized carbons (Fsp3) is 0.667. The van der Waals surface area contributed by atoms with Crippen LogP contribution in [0.1, 0.15) is 19.8 Å². The number of carbonyl (C=O) groups is 2. The summed E-state index contributed by atoms with van der Waals surface area (Å²) in [7, 11) is 0. The summed E-state index contributed by atoms with van der Waals surface area (Å²) in [5, 5.41) is 10.4. The molecule has 0 aliphatic rings. The van der Waals surface area contributed by atoms with Crippen LogP contribution in [-0.2, 0) is 4.79 Å². The van der Waals surface area contributed by atoms with E-state index in [0.29, 0.717) is 12.7 Å². The van der Waals surface area contributed by atoms with Crippen molar-refractivity contribution in [1.29, 1.82) is 0 Å². The number of carboxylic acid groups (broad SMARTS) is 1. The van der Waals surface area contributed by atoms with E-state index < -0.39 is 6.09 Å². The van der Waals surface area contributed by atoms with Gasteiger partial charge in [0.15, 0.2) is 0 Å². The largest absolute Gasteiger partial charge is 0.465 e. The maximum Gasteiger partial charge on any atom is 0.404 e. The predicted molar refractivity (Wildman–Crippen MR) is 35.9 cm³/mol. The lowest BCUT2D eigenvalue weighted by atomic mass is 10.2. The molecule has 0 rings (SSSR count). The molecule has 0 heterocycles. The quantitative estimate of drug-likeness (QED) is 0.570. The van der Waals surface area contributed by atoms with Crippen LogP contribution in [0.3, 0.4) is 0 Å². The van der Waals surface area contributed by atoms with Gasteiger partial charge >= 0.3 is 6.09 Å². The molecule has 0 bridgehead atoms. The third-order valence-corrected chi connectivity index (χ3v) is 1.20. The number of hydrogen-bond acceptors (Lipinski definition) is 2. The van der Waals surface area contributed by atoms with Crippen LogP contribution in [0.25, 0.3) is 0 Å². The summed E-state index contributed by atoms with van der Waals surface area (Å²) in [6.07, 6.45) is 0.534. The maximum absolute atomic E-state index is 10.0. The van der Waals surface area contributed by atoms with Crippen LogP contribution in [0, 0.1) is 0 Å². The molecule has 0 radical (unpaired) electrons. The van der Waals surface area contributed by atoms with Crippen molar-refractivity contribution in [3.63, 3.8) is 0 Å². The molecule has 1 amide bonds. The molecule has 58 valence electrons. The second kappa shape index (κ2) is 4.78. The fourth-order valence-corrected chi connectivity index (χ4v) is 0.618. The monoisotopic (exact) mass is 145 g/mol. The van der Waals surface area contributed by atoms with E-state index in [1.165, 1.54) is 0 Å². The van der Waals surface area contributed by atoms with Gasteiger partial charge in [-0.2, -0.15) is 0 Å². The Morgan fingerprint density at radius 2 is 2.40 bits per heavy atom. The second-order valence-corrected chi connectivity index (χ2v) is 1.96. The first-order valence-corrected chi connectivity index (χ1v) is 3.13. The Labute approximate surface area is 59.2 Å². The molecule has 0 spiro atoms. The average Bonchev–Trinajstić information content (AvgIpc) is 1.86. The minimum absolute atomic E-state index is 0.227. The average molecular weight is 145 g/mol. The molecule has 4 heteroatoms. The first kappa shape index (κ1) is 8.94. The Bertz CT molecular complexity index is 124. The molecule has 1 atom stereocenters. The van der Waals surface area contributed by atoms with Crippen LogP contribution in [0.5, 0.6) is 0 Å². The van der Waals surface area contributed by atoms with Gasteiger partial charge in [0.1, 0.15) is 6.29 Å². The molecule has 0 aromatic rings. The van der Waals surface area contributed by atoms with Gasteiger partial charge < -0.3 is 15.2 Å². The Hall–Kier alpha value is -1.06. The van der Waals surface area contributed by atoms with Crippen LogP contribution in [0.4, 0.5) is 4.79 Å². The number of amides is 1. The molecule has 4 nitrogen and oxygen atoms in total. The molecular weight excluding hydrogens is 134 g/mol. The van der Waals surface area contributed by atoms with E-state index in [9.17, 15) is 9.59 Å². The van der Waals surface area contributed by atoms with Gasteiger partial charge in [0.2, 0.25) is 0 Å². The van der Waals surface area contributed by atoms with Crippen LogP contribution in [0.15, 0.2) is 0 Å². The number of carbonyl (C=O) groups excluding carboxylic acids is 1. The summed E-state index contributed by atoms with van der Waals surface area (Å²) in [6, 6.07) is -0.227. The number of hydrogen-bond donors (Lipinski definition) is 2. The summed E-state index contributed by atoms with van der Waals surface area (Å²) in [4.78, 5) is 19.9. The van der Waals surface area contributed by atoms with Crippen LogP contribution >= 0.6 is 0 Å². The van der Waals surface area contributed by atoms with Crippen molar-refractivity contribution in [2.45, 2.75) is 25.8 Å². The molecular formula is C6H11NO3. The van der Waals surface area contributed by atoms with E-state index >= 15 is 0 Å². The Morgan fingerprint density at radius 3 is 2.70 bits per heavy atom. The maximum atomic E-state index is 10.0. The SMILES string of the molecule is CC[C@H](CC=O)NC(=O)O. The lowest BCUT2D eigenvalue weighted by molar-refractivity contribution is -0.108. The van der Waals surface area contributed by atoms with E-state index in [1.807, 2.05) is 6.92 Å². The minimum atomic E-state index is -1.08. The molecule has 2 N–H and O–H groups in total. The van der Waals surface area contributed by atoms with E-state index in [4.69, 9.17) is 5.11 Å². The fourth-order valence-electron chi connectivity index (χ4n) is 0.618. The molecule has 0 aromatic heterocycles. The van der Waals surface area contributed by atoms with Gasteiger partial charge in [-0.15, -0.1) is 0 Å². The number of aldehydes is 1. The van der Waals surface area contributed by atoms with Gasteiger partial charge in [-0.05, 0) is 6.42 Å². The summed E-state index contributed by atoms with van der Waals surface area (Å²) >= 11 is 0. The summed E-state index contributed by atoms with van der Waals surface area (Å²) in [5.74, 6) is 0.